The van der Waals surface area contributed by atoms with Crippen molar-refractivity contribution in [2.45, 2.75) is 53.4 Å². The fraction of sp³-hybridized carbons (Fsp3) is 1.00. The Morgan fingerprint density at radius 1 is 1.08 bits per heavy atom. The van der Waals surface area contributed by atoms with Gasteiger partial charge in [0, 0.05) is 0 Å². The highest BCUT2D eigenvalue weighted by molar-refractivity contribution is 4.79. The normalized spacial score (nSPS) is 32.8. The van der Waals surface area contributed by atoms with E-state index in [9.17, 15) is 0 Å². The van der Waals surface area contributed by atoms with Crippen LogP contribution in [0.5, 0.6) is 0 Å². The minimum atomic E-state index is 0.916. The van der Waals surface area contributed by atoms with Gasteiger partial charge in [0.25, 0.3) is 0 Å². The number of rotatable bonds is 3. The monoisotopic (exact) mass is 168 g/mol. The highest BCUT2D eigenvalue weighted by Gasteiger charge is 2.29. The van der Waals surface area contributed by atoms with E-state index in [0.29, 0.717) is 0 Å². The third kappa shape index (κ3) is 2.24. The van der Waals surface area contributed by atoms with Crippen LogP contribution in [0.1, 0.15) is 53.4 Å². The van der Waals surface area contributed by atoms with Gasteiger partial charge in [0.05, 0.1) is 0 Å². The summed E-state index contributed by atoms with van der Waals surface area (Å²) in [6.07, 6.45) is 5.87. The molecule has 0 N–H and O–H groups in total. The third-order valence-corrected chi connectivity index (χ3v) is 3.91. The van der Waals surface area contributed by atoms with Gasteiger partial charge in [0.2, 0.25) is 0 Å². The van der Waals surface area contributed by atoms with Crippen molar-refractivity contribution in [2.24, 2.45) is 23.7 Å². The largest absolute Gasteiger partial charge is 0.0651 e. The van der Waals surface area contributed by atoms with Gasteiger partial charge in [0.1, 0.15) is 0 Å². The van der Waals surface area contributed by atoms with Crippen molar-refractivity contribution in [3.05, 3.63) is 0 Å². The lowest BCUT2D eigenvalue weighted by Crippen LogP contribution is -2.09. The van der Waals surface area contributed by atoms with Gasteiger partial charge in [-0.3, -0.25) is 0 Å². The van der Waals surface area contributed by atoms with Crippen molar-refractivity contribution < 1.29 is 0 Å². The summed E-state index contributed by atoms with van der Waals surface area (Å²) in [5.74, 6) is 3.96. The molecule has 1 saturated carbocycles. The molecule has 0 saturated heterocycles. The maximum Gasteiger partial charge on any atom is -0.0386 e. The first kappa shape index (κ1) is 10.1. The average Bonchev–Trinajstić information content (AvgIpc) is 2.51. The molecule has 1 aliphatic carbocycles. The molecule has 12 heavy (non-hydrogen) atoms. The summed E-state index contributed by atoms with van der Waals surface area (Å²) >= 11 is 0. The molecule has 0 bridgehead atoms. The van der Waals surface area contributed by atoms with Crippen molar-refractivity contribution in [1.29, 1.82) is 0 Å². The van der Waals surface area contributed by atoms with E-state index in [0.717, 1.165) is 23.7 Å². The fourth-order valence-electron chi connectivity index (χ4n) is 2.51. The smallest absolute Gasteiger partial charge is 0.0386 e. The zero-order chi connectivity index (χ0) is 9.14. The van der Waals surface area contributed by atoms with E-state index in [1.165, 1.54) is 25.7 Å². The Bertz CT molecular complexity index is 126. The molecule has 0 aromatic heterocycles. The zero-order valence-electron chi connectivity index (χ0n) is 9.14. The van der Waals surface area contributed by atoms with Crippen molar-refractivity contribution in [3.8, 4) is 0 Å². The zero-order valence-corrected chi connectivity index (χ0v) is 9.14. The van der Waals surface area contributed by atoms with Crippen LogP contribution in [-0.2, 0) is 0 Å². The molecule has 0 nitrogen and oxygen atoms in total. The summed E-state index contributed by atoms with van der Waals surface area (Å²) in [5, 5.41) is 0. The van der Waals surface area contributed by atoms with E-state index in [4.69, 9.17) is 0 Å². The van der Waals surface area contributed by atoms with E-state index < -0.39 is 0 Å². The number of hydrogen-bond donors (Lipinski definition) is 0. The van der Waals surface area contributed by atoms with Gasteiger partial charge in [-0.2, -0.15) is 0 Å². The van der Waals surface area contributed by atoms with E-state index in [2.05, 4.69) is 27.7 Å². The Balaban J connectivity index is 2.35. The molecule has 1 aliphatic rings. The molecule has 3 unspecified atom stereocenters. The molecule has 0 heteroatoms. The van der Waals surface area contributed by atoms with E-state index in [1.807, 2.05) is 0 Å². The Kier molecular flexibility index (Phi) is 3.61. The van der Waals surface area contributed by atoms with Crippen molar-refractivity contribution >= 4 is 0 Å². The maximum atomic E-state index is 2.42. The van der Waals surface area contributed by atoms with Gasteiger partial charge >= 0.3 is 0 Å². The van der Waals surface area contributed by atoms with Gasteiger partial charge in [-0.25, -0.2) is 0 Å². The average molecular weight is 168 g/mol. The molecular formula is C12H24. The van der Waals surface area contributed by atoms with Gasteiger partial charge in [0.15, 0.2) is 0 Å². The van der Waals surface area contributed by atoms with E-state index >= 15 is 0 Å². The molecule has 72 valence electrons. The third-order valence-electron chi connectivity index (χ3n) is 3.91. The van der Waals surface area contributed by atoms with Crippen molar-refractivity contribution in [1.82, 2.24) is 0 Å². The second-order valence-corrected chi connectivity index (χ2v) is 4.96. The van der Waals surface area contributed by atoms with Gasteiger partial charge < -0.3 is 0 Å². The van der Waals surface area contributed by atoms with E-state index in [-0.39, 0.29) is 0 Å². The van der Waals surface area contributed by atoms with Crippen LogP contribution in [0.15, 0.2) is 0 Å². The van der Waals surface area contributed by atoms with Gasteiger partial charge in [-0.15, -0.1) is 0 Å². The van der Waals surface area contributed by atoms with Crippen LogP contribution in [0.4, 0.5) is 0 Å². The van der Waals surface area contributed by atoms with Crippen LogP contribution in [0.25, 0.3) is 0 Å². The van der Waals surface area contributed by atoms with E-state index in [1.54, 1.807) is 0 Å². The first-order valence-corrected chi connectivity index (χ1v) is 5.65. The van der Waals surface area contributed by atoms with Crippen LogP contribution >= 0.6 is 0 Å². The first-order valence-electron chi connectivity index (χ1n) is 5.65. The summed E-state index contributed by atoms with van der Waals surface area (Å²) < 4.78 is 0. The molecule has 1 rings (SSSR count). The predicted molar refractivity (Wildman–Crippen MR) is 55.1 cm³/mol. The molecule has 0 aromatic carbocycles. The topological polar surface area (TPSA) is 0 Å². The highest BCUT2D eigenvalue weighted by atomic mass is 14.3. The minimum absolute atomic E-state index is 0.916. The van der Waals surface area contributed by atoms with Crippen LogP contribution in [0, 0.1) is 23.7 Å². The summed E-state index contributed by atoms with van der Waals surface area (Å²) in [5.41, 5.74) is 0. The van der Waals surface area contributed by atoms with Gasteiger partial charge in [-0.05, 0) is 42.9 Å². The van der Waals surface area contributed by atoms with Crippen LogP contribution in [0.2, 0.25) is 0 Å². The van der Waals surface area contributed by atoms with Crippen LogP contribution in [0.3, 0.4) is 0 Å². The van der Waals surface area contributed by atoms with Gasteiger partial charge in [-0.1, -0.05) is 34.1 Å². The molecule has 3 atom stereocenters. The Morgan fingerprint density at radius 2 is 1.67 bits per heavy atom. The molecule has 0 amide bonds. The summed E-state index contributed by atoms with van der Waals surface area (Å²) in [4.78, 5) is 0. The highest BCUT2D eigenvalue weighted by Crippen LogP contribution is 2.40. The standard InChI is InChI=1S/C12H24/c1-5-10(4)12-7-6-11(8-12)9(2)3/h9-12H,5-8H2,1-4H3. The summed E-state index contributed by atoms with van der Waals surface area (Å²) in [6.45, 7) is 9.51. The lowest BCUT2D eigenvalue weighted by molar-refractivity contribution is 0.319. The summed E-state index contributed by atoms with van der Waals surface area (Å²) in [6, 6.07) is 0. The molecular weight excluding hydrogens is 144 g/mol. The van der Waals surface area contributed by atoms with Crippen LogP contribution in [-0.4, -0.2) is 0 Å². The predicted octanol–water partition coefficient (Wildman–Crippen LogP) is 4.10. The van der Waals surface area contributed by atoms with Crippen molar-refractivity contribution in [2.75, 3.05) is 0 Å². The molecule has 0 radical (unpaired) electrons. The molecule has 0 spiro atoms. The molecule has 1 fully saturated rings. The molecule has 0 heterocycles. The minimum Gasteiger partial charge on any atom is -0.0651 e. The SMILES string of the molecule is CCC(C)C1CCC(C(C)C)C1. The summed E-state index contributed by atoms with van der Waals surface area (Å²) in [7, 11) is 0. The fourth-order valence-corrected chi connectivity index (χ4v) is 2.51. The molecule has 0 aromatic rings. The Labute approximate surface area is 77.7 Å². The Hall–Kier alpha value is 0. The quantitative estimate of drug-likeness (QED) is 0.595. The lowest BCUT2D eigenvalue weighted by atomic mass is 9.87. The second kappa shape index (κ2) is 4.30. The second-order valence-electron chi connectivity index (χ2n) is 4.96. The Morgan fingerprint density at radius 3 is 2.08 bits per heavy atom. The maximum absolute atomic E-state index is 2.42. The van der Waals surface area contributed by atoms with Crippen molar-refractivity contribution in [3.63, 3.8) is 0 Å². The lowest BCUT2D eigenvalue weighted by Gasteiger charge is -2.18. The first-order chi connectivity index (χ1) is 5.65. The number of hydrogen-bond acceptors (Lipinski definition) is 0. The van der Waals surface area contributed by atoms with Crippen LogP contribution < -0.4 is 0 Å². The molecule has 0 aliphatic heterocycles.